The lowest BCUT2D eigenvalue weighted by molar-refractivity contribution is -0.113. The van der Waals surface area contributed by atoms with E-state index in [0.717, 1.165) is 18.3 Å². The van der Waals surface area contributed by atoms with Crippen molar-refractivity contribution in [3.05, 3.63) is 11.6 Å². The van der Waals surface area contributed by atoms with E-state index in [0.29, 0.717) is 11.8 Å². The van der Waals surface area contributed by atoms with E-state index in [2.05, 4.69) is 13.8 Å². The first-order valence-corrected chi connectivity index (χ1v) is 4.42. The minimum Gasteiger partial charge on any atom is -0.389 e. The van der Waals surface area contributed by atoms with Crippen LogP contribution in [0.2, 0.25) is 0 Å². The summed E-state index contributed by atoms with van der Waals surface area (Å²) < 4.78 is 0. The lowest BCUT2D eigenvalue weighted by atomic mass is 9.48. The van der Waals surface area contributed by atoms with E-state index < -0.39 is 6.10 Å². The zero-order valence-corrected chi connectivity index (χ0v) is 7.45. The highest BCUT2D eigenvalue weighted by Gasteiger charge is 2.54. The molecule has 66 valence electrons. The third-order valence-electron chi connectivity index (χ3n) is 3.66. The first-order valence-electron chi connectivity index (χ1n) is 4.42. The van der Waals surface area contributed by atoms with Crippen LogP contribution in [-0.2, 0) is 4.79 Å². The van der Waals surface area contributed by atoms with Gasteiger partial charge in [-0.25, -0.2) is 0 Å². The molecule has 2 bridgehead atoms. The highest BCUT2D eigenvalue weighted by atomic mass is 16.3. The number of aliphatic hydroxyl groups is 1. The van der Waals surface area contributed by atoms with Crippen LogP contribution >= 0.6 is 0 Å². The SMILES string of the molecule is CC1(C)[C@@H]2C[C@H]1[C@@H](O)C=C2C=O. The minimum atomic E-state index is -0.398. The van der Waals surface area contributed by atoms with Gasteiger partial charge in [0.15, 0.2) is 0 Å². The second-order valence-corrected chi connectivity index (χ2v) is 4.49. The zero-order chi connectivity index (χ0) is 8.93. The molecule has 0 saturated heterocycles. The van der Waals surface area contributed by atoms with Gasteiger partial charge < -0.3 is 5.11 Å². The fourth-order valence-corrected chi connectivity index (χ4v) is 2.66. The predicted octanol–water partition coefficient (Wildman–Crippen LogP) is 1.15. The van der Waals surface area contributed by atoms with E-state index >= 15 is 0 Å². The molecule has 0 radical (unpaired) electrons. The summed E-state index contributed by atoms with van der Waals surface area (Å²) in [6.45, 7) is 4.26. The molecular formula is C10H14O2. The van der Waals surface area contributed by atoms with Crippen LogP contribution in [-0.4, -0.2) is 17.5 Å². The van der Waals surface area contributed by atoms with Gasteiger partial charge >= 0.3 is 0 Å². The van der Waals surface area contributed by atoms with Gasteiger partial charge in [-0.3, -0.25) is 4.79 Å². The average molecular weight is 166 g/mol. The molecule has 0 aromatic rings. The van der Waals surface area contributed by atoms with Gasteiger partial charge in [-0.15, -0.1) is 0 Å². The fourth-order valence-electron chi connectivity index (χ4n) is 2.66. The molecule has 3 aliphatic carbocycles. The molecule has 0 unspecified atom stereocenters. The summed E-state index contributed by atoms with van der Waals surface area (Å²) in [5.74, 6) is 0.759. The van der Waals surface area contributed by atoms with Crippen molar-refractivity contribution >= 4 is 6.29 Å². The van der Waals surface area contributed by atoms with Gasteiger partial charge in [0, 0.05) is 0 Å². The van der Waals surface area contributed by atoms with Crippen LogP contribution in [0.25, 0.3) is 0 Å². The summed E-state index contributed by atoms with van der Waals surface area (Å²) in [6.07, 6.45) is 3.20. The van der Waals surface area contributed by atoms with Gasteiger partial charge in [-0.05, 0) is 35.3 Å². The molecule has 1 saturated carbocycles. The maximum absolute atomic E-state index is 10.6. The first-order chi connectivity index (χ1) is 5.57. The Hall–Kier alpha value is -0.630. The molecule has 1 fully saturated rings. The number of hydrogen-bond acceptors (Lipinski definition) is 2. The summed E-state index contributed by atoms with van der Waals surface area (Å²) in [7, 11) is 0. The predicted molar refractivity (Wildman–Crippen MR) is 45.5 cm³/mol. The topological polar surface area (TPSA) is 37.3 Å². The van der Waals surface area contributed by atoms with E-state index in [-0.39, 0.29) is 5.41 Å². The summed E-state index contributed by atoms with van der Waals surface area (Å²) >= 11 is 0. The van der Waals surface area contributed by atoms with Crippen molar-refractivity contribution in [1.82, 2.24) is 0 Å². The van der Waals surface area contributed by atoms with Crippen molar-refractivity contribution in [2.75, 3.05) is 0 Å². The van der Waals surface area contributed by atoms with Gasteiger partial charge in [0.1, 0.15) is 6.29 Å². The number of aliphatic hydroxyl groups excluding tert-OH is 1. The highest BCUT2D eigenvalue weighted by molar-refractivity contribution is 5.75. The number of allylic oxidation sites excluding steroid dienone is 1. The Morgan fingerprint density at radius 2 is 2.33 bits per heavy atom. The fraction of sp³-hybridized carbons (Fsp3) is 0.700. The molecule has 0 aliphatic heterocycles. The summed E-state index contributed by atoms with van der Waals surface area (Å²) in [4.78, 5) is 10.6. The Bertz CT molecular complexity index is 253. The van der Waals surface area contributed by atoms with Gasteiger partial charge in [0.2, 0.25) is 0 Å². The van der Waals surface area contributed by atoms with E-state index in [1.165, 1.54) is 0 Å². The molecule has 0 aromatic heterocycles. The van der Waals surface area contributed by atoms with Gasteiger partial charge in [-0.1, -0.05) is 13.8 Å². The Morgan fingerprint density at radius 3 is 2.75 bits per heavy atom. The molecule has 2 nitrogen and oxygen atoms in total. The quantitative estimate of drug-likeness (QED) is 0.593. The largest absolute Gasteiger partial charge is 0.389 e. The number of aldehydes is 1. The maximum Gasteiger partial charge on any atom is 0.146 e. The van der Waals surface area contributed by atoms with Crippen LogP contribution in [0.15, 0.2) is 11.6 Å². The number of fused-ring (bicyclic) bond motifs is 1. The highest BCUT2D eigenvalue weighted by Crippen LogP contribution is 2.58. The molecule has 12 heavy (non-hydrogen) atoms. The maximum atomic E-state index is 10.6. The number of carbonyl (C=O) groups is 1. The average Bonchev–Trinajstić information content (AvgIpc) is 2.02. The molecular weight excluding hydrogens is 152 g/mol. The van der Waals surface area contributed by atoms with E-state index in [9.17, 15) is 9.90 Å². The van der Waals surface area contributed by atoms with E-state index in [1.807, 2.05) is 0 Å². The molecule has 3 rings (SSSR count). The molecule has 3 atom stereocenters. The van der Waals surface area contributed by atoms with Crippen molar-refractivity contribution in [2.45, 2.75) is 26.4 Å². The van der Waals surface area contributed by atoms with Gasteiger partial charge in [0.25, 0.3) is 0 Å². The standard InChI is InChI=1S/C10H14O2/c1-10(2)7-4-8(10)9(12)3-6(7)5-11/h3,5,7-9,12H,4H2,1-2H3/t7-,8+,9+/m1/s1. The molecule has 0 heterocycles. The van der Waals surface area contributed by atoms with Crippen molar-refractivity contribution in [3.8, 4) is 0 Å². The normalized spacial score (nSPS) is 42.9. The third kappa shape index (κ3) is 0.761. The number of rotatable bonds is 1. The zero-order valence-electron chi connectivity index (χ0n) is 7.45. The monoisotopic (exact) mass is 166 g/mol. The number of carbonyl (C=O) groups excluding carboxylic acids is 1. The van der Waals surface area contributed by atoms with Crippen molar-refractivity contribution in [3.63, 3.8) is 0 Å². The summed E-state index contributed by atoms with van der Waals surface area (Å²) in [6, 6.07) is 0. The second-order valence-electron chi connectivity index (χ2n) is 4.49. The van der Waals surface area contributed by atoms with Crippen LogP contribution < -0.4 is 0 Å². The minimum absolute atomic E-state index is 0.129. The molecule has 0 aromatic carbocycles. The summed E-state index contributed by atoms with van der Waals surface area (Å²) in [5.41, 5.74) is 0.930. The smallest absolute Gasteiger partial charge is 0.146 e. The molecule has 3 aliphatic rings. The Morgan fingerprint density at radius 1 is 1.67 bits per heavy atom. The van der Waals surface area contributed by atoms with Crippen LogP contribution in [0.1, 0.15) is 20.3 Å². The van der Waals surface area contributed by atoms with Gasteiger partial charge in [0.05, 0.1) is 6.10 Å². The Kier molecular flexibility index (Phi) is 1.46. The van der Waals surface area contributed by atoms with Crippen molar-refractivity contribution in [1.29, 1.82) is 0 Å². The third-order valence-corrected chi connectivity index (χ3v) is 3.66. The molecule has 1 N–H and O–H groups in total. The Labute approximate surface area is 72.3 Å². The first kappa shape index (κ1) is 7.99. The van der Waals surface area contributed by atoms with Crippen LogP contribution in [0.5, 0.6) is 0 Å². The van der Waals surface area contributed by atoms with Crippen LogP contribution in [0.4, 0.5) is 0 Å². The molecule has 0 amide bonds. The van der Waals surface area contributed by atoms with Crippen LogP contribution in [0, 0.1) is 17.3 Å². The number of hydrogen-bond donors (Lipinski definition) is 1. The molecule has 0 spiro atoms. The molecule has 2 heteroatoms. The summed E-state index contributed by atoms with van der Waals surface area (Å²) in [5, 5.41) is 9.62. The van der Waals surface area contributed by atoms with E-state index in [4.69, 9.17) is 0 Å². The second kappa shape index (κ2) is 2.19. The lowest BCUT2D eigenvalue weighted by Crippen LogP contribution is -2.54. The lowest BCUT2D eigenvalue weighted by Gasteiger charge is -2.57. The van der Waals surface area contributed by atoms with Crippen LogP contribution in [0.3, 0.4) is 0 Å². The van der Waals surface area contributed by atoms with E-state index in [1.54, 1.807) is 6.08 Å². The van der Waals surface area contributed by atoms with Crippen molar-refractivity contribution in [2.24, 2.45) is 17.3 Å². The Balaban J connectivity index is 2.36. The van der Waals surface area contributed by atoms with Gasteiger partial charge in [-0.2, -0.15) is 0 Å². The van der Waals surface area contributed by atoms with Crippen molar-refractivity contribution < 1.29 is 9.90 Å².